The molecule has 6 heteroatoms. The summed E-state index contributed by atoms with van der Waals surface area (Å²) in [4.78, 5) is 0.182. The van der Waals surface area contributed by atoms with Gasteiger partial charge in [-0.15, -0.1) is 0 Å². The average molecular weight is 332 g/mol. The lowest BCUT2D eigenvalue weighted by atomic mass is 9.78. The second-order valence-electron chi connectivity index (χ2n) is 6.09. The Kier molecular flexibility index (Phi) is 4.98. The van der Waals surface area contributed by atoms with Crippen molar-refractivity contribution in [3.05, 3.63) is 28.8 Å². The lowest BCUT2D eigenvalue weighted by molar-refractivity contribution is 0.125. The predicted molar refractivity (Wildman–Crippen MR) is 84.0 cm³/mol. The Bertz CT molecular complexity index is 607. The molecular formula is C15H22ClNO3S. The first-order valence-electron chi connectivity index (χ1n) is 7.20. The topological polar surface area (TPSA) is 66.4 Å². The Balaban J connectivity index is 2.30. The van der Waals surface area contributed by atoms with Crippen LogP contribution in [-0.2, 0) is 10.0 Å². The third-order valence-corrected chi connectivity index (χ3v) is 6.52. The number of rotatable bonds is 4. The van der Waals surface area contributed by atoms with E-state index in [0.29, 0.717) is 29.3 Å². The number of hydrogen-bond acceptors (Lipinski definition) is 3. The zero-order valence-electron chi connectivity index (χ0n) is 12.4. The molecular weight excluding hydrogens is 310 g/mol. The molecule has 1 saturated carbocycles. The van der Waals surface area contributed by atoms with Gasteiger partial charge in [0.05, 0.1) is 17.0 Å². The summed E-state index contributed by atoms with van der Waals surface area (Å²) < 4.78 is 28.0. The van der Waals surface area contributed by atoms with Gasteiger partial charge < -0.3 is 5.11 Å². The zero-order chi connectivity index (χ0) is 15.7. The molecule has 1 aromatic rings. The second kappa shape index (κ2) is 6.24. The molecule has 0 unspecified atom stereocenters. The van der Waals surface area contributed by atoms with Crippen LogP contribution in [-0.4, -0.2) is 25.7 Å². The van der Waals surface area contributed by atoms with E-state index in [1.54, 1.807) is 25.1 Å². The molecule has 0 bridgehead atoms. The minimum atomic E-state index is -3.70. The predicted octanol–water partition coefficient (Wildman–Crippen LogP) is 2.87. The molecule has 1 fully saturated rings. The zero-order valence-corrected chi connectivity index (χ0v) is 14.0. The summed E-state index contributed by atoms with van der Waals surface area (Å²) in [5.74, 6) is 0.571. The molecule has 0 spiro atoms. The molecule has 2 rings (SSSR count). The molecule has 4 nitrogen and oxygen atoms in total. The highest BCUT2D eigenvalue weighted by Gasteiger charge is 2.38. The SMILES string of the molecule is Cc1c(Cl)cccc1S(=O)(=O)NC1(CO)CCC(C)CC1. The molecule has 0 aliphatic heterocycles. The summed E-state index contributed by atoms with van der Waals surface area (Å²) in [5, 5.41) is 10.1. The van der Waals surface area contributed by atoms with Crippen LogP contribution in [0.1, 0.15) is 38.2 Å². The Morgan fingerprint density at radius 1 is 1.38 bits per heavy atom. The molecule has 0 radical (unpaired) electrons. The molecule has 1 aliphatic rings. The molecule has 1 aliphatic carbocycles. The summed E-state index contributed by atoms with van der Waals surface area (Å²) in [7, 11) is -3.70. The fraction of sp³-hybridized carbons (Fsp3) is 0.600. The molecule has 0 amide bonds. The van der Waals surface area contributed by atoms with Gasteiger partial charge in [-0.1, -0.05) is 24.6 Å². The highest BCUT2D eigenvalue weighted by atomic mass is 35.5. The second-order valence-corrected chi connectivity index (χ2v) is 8.15. The fourth-order valence-electron chi connectivity index (χ4n) is 2.83. The van der Waals surface area contributed by atoms with Gasteiger partial charge in [0.25, 0.3) is 0 Å². The number of halogens is 1. The van der Waals surface area contributed by atoms with Gasteiger partial charge in [0, 0.05) is 5.02 Å². The van der Waals surface area contributed by atoms with E-state index in [0.717, 1.165) is 12.8 Å². The maximum Gasteiger partial charge on any atom is 0.241 e. The van der Waals surface area contributed by atoms with E-state index in [2.05, 4.69) is 11.6 Å². The van der Waals surface area contributed by atoms with Gasteiger partial charge >= 0.3 is 0 Å². The summed E-state index contributed by atoms with van der Waals surface area (Å²) in [5.41, 5.74) is -0.218. The van der Waals surface area contributed by atoms with Crippen molar-refractivity contribution in [1.29, 1.82) is 0 Å². The number of aliphatic hydroxyl groups is 1. The first-order chi connectivity index (χ1) is 9.80. The smallest absolute Gasteiger partial charge is 0.241 e. The monoisotopic (exact) mass is 331 g/mol. The van der Waals surface area contributed by atoms with Crippen LogP contribution in [0.5, 0.6) is 0 Å². The summed E-state index contributed by atoms with van der Waals surface area (Å²) in [6.07, 6.45) is 3.14. The maximum atomic E-state index is 12.6. The number of benzene rings is 1. The van der Waals surface area contributed by atoms with Crippen molar-refractivity contribution in [2.75, 3.05) is 6.61 Å². The van der Waals surface area contributed by atoms with E-state index in [1.165, 1.54) is 0 Å². The lowest BCUT2D eigenvalue weighted by Crippen LogP contribution is -2.53. The van der Waals surface area contributed by atoms with Crippen molar-refractivity contribution in [3.8, 4) is 0 Å². The molecule has 0 atom stereocenters. The Labute approximate surface area is 131 Å². The number of aliphatic hydroxyl groups excluding tert-OH is 1. The lowest BCUT2D eigenvalue weighted by Gasteiger charge is -2.38. The number of hydrogen-bond donors (Lipinski definition) is 2. The molecule has 0 aromatic heterocycles. The fourth-order valence-corrected chi connectivity index (χ4v) is 4.78. The van der Waals surface area contributed by atoms with Crippen molar-refractivity contribution >= 4 is 21.6 Å². The summed E-state index contributed by atoms with van der Waals surface area (Å²) >= 11 is 6.01. The quantitative estimate of drug-likeness (QED) is 0.891. The minimum Gasteiger partial charge on any atom is -0.394 e. The van der Waals surface area contributed by atoms with Gasteiger partial charge in [0.15, 0.2) is 0 Å². The third kappa shape index (κ3) is 3.59. The molecule has 1 aromatic carbocycles. The maximum absolute atomic E-state index is 12.6. The van der Waals surface area contributed by atoms with Crippen molar-refractivity contribution in [2.24, 2.45) is 5.92 Å². The van der Waals surface area contributed by atoms with Crippen LogP contribution in [0.15, 0.2) is 23.1 Å². The summed E-state index contributed by atoms with van der Waals surface area (Å²) in [6.45, 7) is 3.65. The van der Waals surface area contributed by atoms with Gasteiger partial charge in [0.2, 0.25) is 10.0 Å². The number of sulfonamides is 1. The van der Waals surface area contributed by atoms with E-state index >= 15 is 0 Å². The van der Waals surface area contributed by atoms with Crippen LogP contribution in [0.4, 0.5) is 0 Å². The van der Waals surface area contributed by atoms with Crippen LogP contribution in [0, 0.1) is 12.8 Å². The Morgan fingerprint density at radius 2 is 2.00 bits per heavy atom. The van der Waals surface area contributed by atoms with Crippen molar-refractivity contribution in [1.82, 2.24) is 4.72 Å². The van der Waals surface area contributed by atoms with Gasteiger partial charge in [-0.2, -0.15) is 0 Å². The summed E-state index contributed by atoms with van der Waals surface area (Å²) in [6, 6.07) is 4.83. The Morgan fingerprint density at radius 3 is 2.57 bits per heavy atom. The molecule has 0 heterocycles. The van der Waals surface area contributed by atoms with Crippen molar-refractivity contribution in [3.63, 3.8) is 0 Å². The van der Waals surface area contributed by atoms with E-state index in [1.807, 2.05) is 0 Å². The van der Waals surface area contributed by atoms with Crippen LogP contribution in [0.2, 0.25) is 5.02 Å². The third-order valence-electron chi connectivity index (χ3n) is 4.39. The normalized spacial score (nSPS) is 26.8. The van der Waals surface area contributed by atoms with Gasteiger partial charge in [-0.05, 0) is 56.2 Å². The largest absolute Gasteiger partial charge is 0.394 e. The van der Waals surface area contributed by atoms with Crippen LogP contribution in [0.3, 0.4) is 0 Å². The van der Waals surface area contributed by atoms with Crippen molar-refractivity contribution < 1.29 is 13.5 Å². The molecule has 0 saturated heterocycles. The van der Waals surface area contributed by atoms with E-state index in [-0.39, 0.29) is 11.5 Å². The molecule has 2 N–H and O–H groups in total. The number of nitrogens with one attached hydrogen (secondary N) is 1. The van der Waals surface area contributed by atoms with E-state index < -0.39 is 15.6 Å². The van der Waals surface area contributed by atoms with Gasteiger partial charge in [-0.25, -0.2) is 13.1 Å². The first kappa shape index (κ1) is 16.7. The van der Waals surface area contributed by atoms with Crippen molar-refractivity contribution in [2.45, 2.75) is 50.0 Å². The standard InChI is InChI=1S/C15H22ClNO3S/c1-11-6-8-15(10-18,9-7-11)17-21(19,20)14-5-3-4-13(16)12(14)2/h3-5,11,17-18H,6-10H2,1-2H3. The van der Waals surface area contributed by atoms with E-state index in [4.69, 9.17) is 11.6 Å². The molecule has 21 heavy (non-hydrogen) atoms. The Hall–Kier alpha value is -0.620. The minimum absolute atomic E-state index is 0.182. The van der Waals surface area contributed by atoms with Crippen LogP contribution < -0.4 is 4.72 Å². The molecule has 118 valence electrons. The van der Waals surface area contributed by atoms with Gasteiger partial charge in [0.1, 0.15) is 0 Å². The van der Waals surface area contributed by atoms with Gasteiger partial charge in [-0.3, -0.25) is 0 Å². The highest BCUT2D eigenvalue weighted by Crippen LogP contribution is 2.33. The van der Waals surface area contributed by atoms with E-state index in [9.17, 15) is 13.5 Å². The average Bonchev–Trinajstić information content (AvgIpc) is 2.44. The van der Waals surface area contributed by atoms with Crippen LogP contribution >= 0.6 is 11.6 Å². The first-order valence-corrected chi connectivity index (χ1v) is 9.06. The highest BCUT2D eigenvalue weighted by molar-refractivity contribution is 7.89. The van der Waals surface area contributed by atoms with Crippen LogP contribution in [0.25, 0.3) is 0 Å².